The molecule has 0 aliphatic carbocycles. The van der Waals surface area contributed by atoms with Gasteiger partial charge in [-0.2, -0.15) is 0 Å². The smallest absolute Gasteiger partial charge is 0.311 e. The Morgan fingerprint density at radius 3 is 2.42 bits per heavy atom. The number of carbonyl (C=O) groups is 2. The number of fused-ring (bicyclic) bond motifs is 1. The van der Waals surface area contributed by atoms with Crippen LogP contribution < -0.4 is 14.8 Å². The Balaban J connectivity index is 1.72. The molecule has 0 radical (unpaired) electrons. The maximum Gasteiger partial charge on any atom is 0.311 e. The molecule has 2 N–H and O–H groups in total. The van der Waals surface area contributed by atoms with Gasteiger partial charge in [-0.1, -0.05) is 6.07 Å². The van der Waals surface area contributed by atoms with Gasteiger partial charge >= 0.3 is 5.97 Å². The summed E-state index contributed by atoms with van der Waals surface area (Å²) in [6.07, 6.45) is 0.792. The van der Waals surface area contributed by atoms with Gasteiger partial charge in [0.05, 0.1) is 10.8 Å². The minimum Gasteiger partial charge on any atom is -0.486 e. The van der Waals surface area contributed by atoms with Crippen LogP contribution in [0.2, 0.25) is 0 Å². The van der Waals surface area contributed by atoms with E-state index >= 15 is 0 Å². The van der Waals surface area contributed by atoms with Crippen LogP contribution in [0.15, 0.2) is 18.2 Å². The molecular weight excluding hydrogens is 338 g/mol. The van der Waals surface area contributed by atoms with Gasteiger partial charge in [0.2, 0.25) is 5.91 Å². The predicted molar refractivity (Wildman–Crippen MR) is 93.6 cm³/mol. The van der Waals surface area contributed by atoms with Gasteiger partial charge < -0.3 is 24.6 Å². The number of benzene rings is 1. The quantitative estimate of drug-likeness (QED) is 0.827. The van der Waals surface area contributed by atoms with E-state index in [1.54, 1.807) is 6.07 Å². The Bertz CT molecular complexity index is 693. The molecule has 0 unspecified atom stereocenters. The van der Waals surface area contributed by atoms with Gasteiger partial charge in [-0.15, -0.1) is 0 Å². The van der Waals surface area contributed by atoms with E-state index in [1.807, 2.05) is 26.0 Å². The third kappa shape index (κ3) is 3.49. The van der Waals surface area contributed by atoms with Gasteiger partial charge in [0.1, 0.15) is 13.2 Å². The molecule has 3 rings (SSSR count). The Labute approximate surface area is 152 Å². The van der Waals surface area contributed by atoms with Crippen LogP contribution in [0, 0.1) is 5.41 Å². The lowest BCUT2D eigenvalue weighted by molar-refractivity contribution is -0.154. The zero-order valence-electron chi connectivity index (χ0n) is 15.2. The first kappa shape index (κ1) is 18.5. The van der Waals surface area contributed by atoms with E-state index in [0.29, 0.717) is 50.8 Å². The highest BCUT2D eigenvalue weighted by Crippen LogP contribution is 2.36. The van der Waals surface area contributed by atoms with Crippen molar-refractivity contribution < 1.29 is 28.9 Å². The van der Waals surface area contributed by atoms with E-state index < -0.39 is 16.8 Å². The van der Waals surface area contributed by atoms with Crippen LogP contribution in [0.25, 0.3) is 0 Å². The van der Waals surface area contributed by atoms with Gasteiger partial charge in [0.15, 0.2) is 11.5 Å². The molecule has 2 aliphatic heterocycles. The average molecular weight is 363 g/mol. The highest BCUT2D eigenvalue weighted by molar-refractivity contribution is 5.88. The lowest BCUT2D eigenvalue weighted by Gasteiger charge is -2.34. The van der Waals surface area contributed by atoms with E-state index in [9.17, 15) is 14.7 Å². The van der Waals surface area contributed by atoms with Gasteiger partial charge in [0.25, 0.3) is 0 Å². The van der Waals surface area contributed by atoms with Crippen LogP contribution in [-0.2, 0) is 19.7 Å². The molecule has 0 atom stereocenters. The molecular formula is C19H25NO6. The molecule has 2 aliphatic rings. The monoisotopic (exact) mass is 363 g/mol. The fraction of sp³-hybridized carbons (Fsp3) is 0.579. The lowest BCUT2D eigenvalue weighted by Crippen LogP contribution is -2.50. The number of nitrogens with one attached hydrogen (secondary N) is 1. The number of carbonyl (C=O) groups excluding carboxylic acids is 1. The van der Waals surface area contributed by atoms with Crippen LogP contribution in [0.1, 0.15) is 32.3 Å². The van der Waals surface area contributed by atoms with Gasteiger partial charge in [-0.05, 0) is 44.4 Å². The van der Waals surface area contributed by atoms with Gasteiger partial charge in [-0.3, -0.25) is 9.59 Å². The van der Waals surface area contributed by atoms with Crippen molar-refractivity contribution in [3.8, 4) is 11.5 Å². The fourth-order valence-corrected chi connectivity index (χ4v) is 3.26. The number of hydrogen-bond acceptors (Lipinski definition) is 5. The molecule has 1 saturated heterocycles. The van der Waals surface area contributed by atoms with Crippen LogP contribution in [0.5, 0.6) is 11.5 Å². The SMILES string of the molecule is CC(C)(C(=O)NCC1(C(=O)O)CCOCC1)c1ccc2c(c1)OCCO2. The van der Waals surface area contributed by atoms with E-state index in [1.165, 1.54) is 0 Å². The maximum atomic E-state index is 12.8. The summed E-state index contributed by atoms with van der Waals surface area (Å²) in [6.45, 7) is 5.50. The zero-order valence-corrected chi connectivity index (χ0v) is 15.2. The number of carboxylic acids is 1. The Kier molecular flexibility index (Phi) is 5.09. The van der Waals surface area contributed by atoms with Crippen LogP contribution >= 0.6 is 0 Å². The molecule has 1 fully saturated rings. The van der Waals surface area contributed by atoms with Gasteiger partial charge in [0, 0.05) is 19.8 Å². The summed E-state index contributed by atoms with van der Waals surface area (Å²) in [6, 6.07) is 5.46. The molecule has 142 valence electrons. The molecule has 0 bridgehead atoms. The molecule has 0 saturated carbocycles. The molecule has 0 aromatic heterocycles. The van der Waals surface area contributed by atoms with E-state index in [0.717, 1.165) is 5.56 Å². The topological polar surface area (TPSA) is 94.1 Å². The molecule has 1 aromatic carbocycles. The number of amides is 1. The van der Waals surface area contributed by atoms with Crippen molar-refractivity contribution in [2.45, 2.75) is 32.1 Å². The molecule has 26 heavy (non-hydrogen) atoms. The molecule has 0 spiro atoms. The third-order valence-corrected chi connectivity index (χ3v) is 5.32. The average Bonchev–Trinajstić information content (AvgIpc) is 2.66. The van der Waals surface area contributed by atoms with Crippen molar-refractivity contribution in [2.24, 2.45) is 5.41 Å². The summed E-state index contributed by atoms with van der Waals surface area (Å²) in [5, 5.41) is 12.5. The fourth-order valence-electron chi connectivity index (χ4n) is 3.26. The molecule has 1 amide bonds. The van der Waals surface area contributed by atoms with Crippen LogP contribution in [-0.4, -0.2) is 50.0 Å². The summed E-state index contributed by atoms with van der Waals surface area (Å²) < 4.78 is 16.4. The minimum absolute atomic E-state index is 0.0957. The third-order valence-electron chi connectivity index (χ3n) is 5.32. The van der Waals surface area contributed by atoms with E-state index in [2.05, 4.69) is 5.32 Å². The maximum absolute atomic E-state index is 12.8. The predicted octanol–water partition coefficient (Wildman–Crippen LogP) is 1.73. The first-order valence-corrected chi connectivity index (χ1v) is 8.85. The number of ether oxygens (including phenoxy) is 3. The summed E-state index contributed by atoms with van der Waals surface area (Å²) in [5.41, 5.74) is -1.01. The summed E-state index contributed by atoms with van der Waals surface area (Å²) in [7, 11) is 0. The van der Waals surface area contributed by atoms with Crippen molar-refractivity contribution in [3.63, 3.8) is 0 Å². The highest BCUT2D eigenvalue weighted by Gasteiger charge is 2.42. The molecule has 1 aromatic rings. The van der Waals surface area contributed by atoms with E-state index in [-0.39, 0.29) is 12.5 Å². The largest absolute Gasteiger partial charge is 0.486 e. The summed E-state index contributed by atoms with van der Waals surface area (Å²) in [4.78, 5) is 24.6. The second kappa shape index (κ2) is 7.15. The second-order valence-corrected chi connectivity index (χ2v) is 7.36. The highest BCUT2D eigenvalue weighted by atomic mass is 16.6. The Morgan fingerprint density at radius 2 is 1.77 bits per heavy atom. The van der Waals surface area contributed by atoms with Crippen molar-refractivity contribution in [3.05, 3.63) is 23.8 Å². The van der Waals surface area contributed by atoms with Crippen molar-refractivity contribution in [2.75, 3.05) is 33.0 Å². The van der Waals surface area contributed by atoms with Crippen LogP contribution in [0.4, 0.5) is 0 Å². The second-order valence-electron chi connectivity index (χ2n) is 7.36. The van der Waals surface area contributed by atoms with Gasteiger partial charge in [-0.25, -0.2) is 0 Å². The standard InChI is InChI=1S/C19H25NO6/c1-18(2,13-3-4-14-15(11-13)26-10-9-25-14)16(21)20-12-19(17(22)23)5-7-24-8-6-19/h3-4,11H,5-10,12H2,1-2H3,(H,20,21)(H,22,23). The van der Waals surface area contributed by atoms with Crippen molar-refractivity contribution in [1.29, 1.82) is 0 Å². The summed E-state index contributed by atoms with van der Waals surface area (Å²) >= 11 is 0. The molecule has 7 nitrogen and oxygen atoms in total. The Hall–Kier alpha value is -2.28. The number of aliphatic carboxylic acids is 1. The zero-order chi connectivity index (χ0) is 18.8. The van der Waals surface area contributed by atoms with Crippen molar-refractivity contribution >= 4 is 11.9 Å². The first-order chi connectivity index (χ1) is 12.3. The number of carboxylic acid groups (broad SMARTS) is 1. The number of hydrogen-bond donors (Lipinski definition) is 2. The van der Waals surface area contributed by atoms with Crippen molar-refractivity contribution in [1.82, 2.24) is 5.32 Å². The number of rotatable bonds is 5. The first-order valence-electron chi connectivity index (χ1n) is 8.85. The normalized spacial score (nSPS) is 18.8. The van der Waals surface area contributed by atoms with E-state index in [4.69, 9.17) is 14.2 Å². The van der Waals surface area contributed by atoms with Crippen LogP contribution in [0.3, 0.4) is 0 Å². The molecule has 2 heterocycles. The molecule has 7 heteroatoms. The lowest BCUT2D eigenvalue weighted by atomic mass is 9.79. The Morgan fingerprint density at radius 1 is 1.12 bits per heavy atom. The minimum atomic E-state index is -0.962. The summed E-state index contributed by atoms with van der Waals surface area (Å²) in [5.74, 6) is 0.184.